The first-order valence-electron chi connectivity index (χ1n) is 41.6. The second-order valence-corrected chi connectivity index (χ2v) is 42.2. The average Bonchev–Trinajstić information content (AvgIpc) is 0.674. The van der Waals surface area contributed by atoms with Gasteiger partial charge in [-0.25, -0.2) is 0 Å². The molecule has 582 valence electrons. The minimum absolute atomic E-state index is 0. The van der Waals surface area contributed by atoms with Crippen LogP contribution in [0.2, 0.25) is 0 Å². The van der Waals surface area contributed by atoms with Crippen molar-refractivity contribution >= 4 is 5.78 Å². The van der Waals surface area contributed by atoms with Crippen LogP contribution in [0.5, 0.6) is 0 Å². The Labute approximate surface area is 627 Å². The number of ether oxygens (including phenoxy) is 10. The SMILES string of the molecule is C.C.C.C.C=C1C(=O)C23CC[C@H]1CC2[C@@]12CCC[C@@]4(C)COC1O[C@@H]3CC42.C=C1[C@H]2CCC3(C(C2)[C@@]24CCC[C@@]5(C)COC2O[C@@H]3CC54)[C@H]1O.C=C1[C@H]2CCC34C(C2)[C@@]25CCC[C@@](C)(CO[C@H]2C)C5C[C@H]3OC(C)(C)O[C@@H]14.C=C1[C@H]2CCC34C(C2)[C@@]25CCC[C@@](C)(CO[C@H]2O)C5C[C@H]3OC(C)(C)O[C@@H]14. The van der Waals surface area contributed by atoms with Crippen molar-refractivity contribution in [3.05, 3.63) is 48.6 Å². The molecule has 13 nitrogen and oxygen atoms in total. The van der Waals surface area contributed by atoms with E-state index in [0.29, 0.717) is 105 Å². The van der Waals surface area contributed by atoms with Crippen molar-refractivity contribution in [1.29, 1.82) is 0 Å². The molecule has 14 unspecified atom stereocenters. The molecule has 104 heavy (non-hydrogen) atoms. The van der Waals surface area contributed by atoms with Crippen LogP contribution < -0.4 is 0 Å². The maximum atomic E-state index is 13.3. The number of hydrogen-bond donors (Lipinski definition) is 2. The van der Waals surface area contributed by atoms with Crippen LogP contribution in [0, 0.1) is 136 Å². The second kappa shape index (κ2) is 23.4. The molecule has 13 heteroatoms. The molecule has 30 aliphatic rings. The number of Topliss-reactive ketones (excluding diaryl/α,β-unsaturated/α-hetero) is 1. The van der Waals surface area contributed by atoms with E-state index in [0.717, 1.165) is 107 Å². The summed E-state index contributed by atoms with van der Waals surface area (Å²) < 4.78 is 65.0. The first-order valence-corrected chi connectivity index (χ1v) is 41.6. The molecule has 20 aliphatic carbocycles. The van der Waals surface area contributed by atoms with Crippen LogP contribution in [0.1, 0.15) is 272 Å². The first-order chi connectivity index (χ1) is 47.5. The van der Waals surface area contributed by atoms with Crippen LogP contribution in [-0.2, 0) is 52.2 Å². The molecule has 0 radical (unpaired) electrons. The van der Waals surface area contributed by atoms with Gasteiger partial charge in [-0.05, 0) is 304 Å². The predicted octanol–water partition coefficient (Wildman–Crippen LogP) is 18.4. The van der Waals surface area contributed by atoms with E-state index in [-0.39, 0.29) is 122 Å². The Bertz CT molecular complexity index is 3430. The topological polar surface area (TPSA) is 150 Å². The number of hydrogen-bond acceptors (Lipinski definition) is 13. The lowest BCUT2D eigenvalue weighted by atomic mass is 9.33. The highest BCUT2D eigenvalue weighted by Gasteiger charge is 2.83. The molecule has 35 atom stereocenters. The van der Waals surface area contributed by atoms with Gasteiger partial charge in [-0.15, -0.1) is 0 Å². The van der Waals surface area contributed by atoms with Gasteiger partial charge >= 0.3 is 0 Å². The van der Waals surface area contributed by atoms with Crippen molar-refractivity contribution in [3.63, 3.8) is 0 Å². The Balaban J connectivity index is 0.000000102. The van der Waals surface area contributed by atoms with Crippen LogP contribution >= 0.6 is 0 Å². The number of aliphatic hydroxyl groups is 2. The summed E-state index contributed by atoms with van der Waals surface area (Å²) in [5.74, 6) is 6.17. The van der Waals surface area contributed by atoms with E-state index in [2.05, 4.69) is 88.6 Å². The summed E-state index contributed by atoms with van der Waals surface area (Å²) >= 11 is 0. The number of carbonyl (C=O) groups is 1. The van der Waals surface area contributed by atoms with E-state index in [4.69, 9.17) is 47.4 Å². The molecule has 10 heterocycles. The van der Waals surface area contributed by atoms with E-state index in [1.165, 1.54) is 127 Å². The zero-order chi connectivity index (χ0) is 68.9. The molecule has 2 N–H and O–H groups in total. The summed E-state index contributed by atoms with van der Waals surface area (Å²) in [6.07, 6.45) is 34.1. The van der Waals surface area contributed by atoms with Crippen LogP contribution in [0.3, 0.4) is 0 Å². The van der Waals surface area contributed by atoms with E-state index in [1.54, 1.807) is 0 Å². The summed E-state index contributed by atoms with van der Waals surface area (Å²) in [5.41, 5.74) is 6.03. The third kappa shape index (κ3) is 8.61. The summed E-state index contributed by atoms with van der Waals surface area (Å²) in [6.45, 7) is 41.4. The Morgan fingerprint density at radius 3 is 1.29 bits per heavy atom. The third-order valence-corrected chi connectivity index (χ3v) is 38.5. The van der Waals surface area contributed by atoms with Crippen LogP contribution in [0.25, 0.3) is 0 Å². The fourth-order valence-electron chi connectivity index (χ4n) is 34.8. The number of carbonyl (C=O) groups excluding carboxylic acids is 1. The molecular weight excluding hydrogens is 1300 g/mol. The summed E-state index contributed by atoms with van der Waals surface area (Å²) in [6, 6.07) is 0. The molecule has 0 aromatic heterocycles. The van der Waals surface area contributed by atoms with Gasteiger partial charge in [-0.1, -0.05) is 109 Å². The van der Waals surface area contributed by atoms with Gasteiger partial charge in [0.05, 0.1) is 80.7 Å². The van der Waals surface area contributed by atoms with Gasteiger partial charge in [-0.3, -0.25) is 4.79 Å². The molecule has 6 spiro atoms. The molecule has 30 fully saturated rings. The fraction of sp³-hybridized carbons (Fsp3) is 0.901. The lowest BCUT2D eigenvalue weighted by Gasteiger charge is -2.77. The van der Waals surface area contributed by atoms with Gasteiger partial charge < -0.3 is 57.6 Å². The summed E-state index contributed by atoms with van der Waals surface area (Å²) in [4.78, 5) is 13.3. The van der Waals surface area contributed by atoms with E-state index < -0.39 is 17.9 Å². The number of ketones is 1. The van der Waals surface area contributed by atoms with Gasteiger partial charge in [0.25, 0.3) is 0 Å². The highest BCUT2D eigenvalue weighted by Crippen LogP contribution is 2.83. The molecular formula is C91H140O13. The largest absolute Gasteiger partial charge is 0.388 e. The zero-order valence-electron chi connectivity index (χ0n) is 62.6. The Kier molecular flexibility index (Phi) is 16.9. The average molecular weight is 1440 g/mol. The summed E-state index contributed by atoms with van der Waals surface area (Å²) in [5, 5.41) is 22.5. The minimum atomic E-state index is -0.639. The highest BCUT2D eigenvalue weighted by molar-refractivity contribution is 6.02. The number of rotatable bonds is 0. The van der Waals surface area contributed by atoms with E-state index in [9.17, 15) is 15.0 Å². The molecule has 0 amide bonds. The van der Waals surface area contributed by atoms with Crippen molar-refractivity contribution < 1.29 is 62.4 Å². The van der Waals surface area contributed by atoms with Crippen molar-refractivity contribution in [2.75, 3.05) is 26.4 Å². The Hall–Kier alpha value is -1.85. The van der Waals surface area contributed by atoms with Crippen LogP contribution in [0.4, 0.5) is 0 Å². The first kappa shape index (κ1) is 74.9. The van der Waals surface area contributed by atoms with Gasteiger partial charge in [0.2, 0.25) is 0 Å². The fourth-order valence-corrected chi connectivity index (χ4v) is 34.8. The molecule has 0 aromatic rings. The van der Waals surface area contributed by atoms with Crippen LogP contribution in [-0.4, -0.2) is 122 Å². The molecule has 22 bridgehead atoms. The summed E-state index contributed by atoms with van der Waals surface area (Å²) in [7, 11) is 0. The van der Waals surface area contributed by atoms with Crippen molar-refractivity contribution in [3.8, 4) is 0 Å². The molecule has 10 saturated heterocycles. The van der Waals surface area contributed by atoms with E-state index >= 15 is 0 Å². The zero-order valence-corrected chi connectivity index (χ0v) is 62.6. The van der Waals surface area contributed by atoms with Crippen molar-refractivity contribution in [1.82, 2.24) is 0 Å². The van der Waals surface area contributed by atoms with E-state index in [1.807, 2.05) is 0 Å². The van der Waals surface area contributed by atoms with Gasteiger partial charge in [0.1, 0.15) is 0 Å². The van der Waals surface area contributed by atoms with Gasteiger partial charge in [-0.2, -0.15) is 0 Å². The minimum Gasteiger partial charge on any atom is -0.388 e. The maximum Gasteiger partial charge on any atom is 0.167 e. The number of fused-ring (bicyclic) bond motifs is 6. The van der Waals surface area contributed by atoms with Gasteiger partial charge in [0, 0.05) is 37.9 Å². The van der Waals surface area contributed by atoms with Crippen LogP contribution in [0.15, 0.2) is 48.6 Å². The predicted molar refractivity (Wildman–Crippen MR) is 402 cm³/mol. The maximum absolute atomic E-state index is 13.3. The normalized spacial score (nSPS) is 59.7. The monoisotopic (exact) mass is 1440 g/mol. The number of allylic oxidation sites excluding steroid dienone is 1. The quantitative estimate of drug-likeness (QED) is 0.175. The van der Waals surface area contributed by atoms with Gasteiger partial charge in [0.15, 0.2) is 36.2 Å². The standard InChI is InChI=1S/C24H36O3.C23H34O4.C20H28O3.C20H26O3.4CH4/c1-14-16-7-10-24-18(11-16)23-9-6-8-22(5,13-25-15(23)2)17(23)12-19(24)26-21(3,4)27-20(14)24;1-13-14-6-9-23-16(10-14)22-8-5-7-21(4,12-25-19(22)24)15(22)11-17(23)26-20(2,3)27-18(13)23;2*1-11-12-4-7-20(16(11)21)14(8-12)19-6-3-5-18(2)10-22-17(19)23-15(20)9-13(18)19;;;;/h15-20H,1,6-13H2,2-5H3;14-19,24H,1,5-12H2,2-4H3;12-17,21H,1,3-10H2,2H3;12-15,17H,1,3-10H2,2H3;4*1H4/t15-,16-,17?,18?,19+,20-,22-,23-,24?;14-,15?,16?,17+,18-,19+,21-,22-,23?;12-,13?,14?,15+,16-,17?,18-,19-,20?;12-,13?,14?,15+,17?,18-,19-,20?;;;;/m0000..../s1. The molecule has 10 aliphatic heterocycles. The Morgan fingerprint density at radius 2 is 0.750 bits per heavy atom. The third-order valence-electron chi connectivity index (χ3n) is 38.5. The van der Waals surface area contributed by atoms with Crippen molar-refractivity contribution in [2.45, 2.75) is 351 Å². The molecule has 30 rings (SSSR count). The molecule has 0 aromatic carbocycles. The van der Waals surface area contributed by atoms with Crippen molar-refractivity contribution in [2.24, 2.45) is 136 Å². The molecule has 20 saturated carbocycles. The number of aliphatic hydroxyl groups excluding tert-OH is 2. The lowest BCUT2D eigenvalue weighted by molar-refractivity contribution is -0.437. The Morgan fingerprint density at radius 1 is 0.365 bits per heavy atom. The smallest absolute Gasteiger partial charge is 0.167 e. The highest BCUT2D eigenvalue weighted by atomic mass is 16.7. The lowest BCUT2D eigenvalue weighted by Crippen LogP contribution is -2.79. The second-order valence-electron chi connectivity index (χ2n) is 42.2.